The van der Waals surface area contributed by atoms with Gasteiger partial charge in [0, 0.05) is 48.7 Å². The molecule has 3 N–H and O–H groups in total. The second-order valence-electron chi connectivity index (χ2n) is 7.49. The number of nitrogens with zero attached hydrogens (tertiary/aromatic N) is 2. The summed E-state index contributed by atoms with van der Waals surface area (Å²) in [6, 6.07) is 3.52. The summed E-state index contributed by atoms with van der Waals surface area (Å²) in [5, 5.41) is 5.26. The number of hydrogen-bond donors (Lipinski definition) is 3. The summed E-state index contributed by atoms with van der Waals surface area (Å²) < 4.78 is 5.11. The summed E-state index contributed by atoms with van der Waals surface area (Å²) >= 11 is 0. The second kappa shape index (κ2) is 9.81. The van der Waals surface area contributed by atoms with Gasteiger partial charge in [-0.15, -0.1) is 0 Å². The van der Waals surface area contributed by atoms with Gasteiger partial charge in [0.1, 0.15) is 11.4 Å². The van der Waals surface area contributed by atoms with E-state index in [4.69, 9.17) is 4.74 Å². The molecule has 9 nitrogen and oxygen atoms in total. The molecule has 0 saturated carbocycles. The number of aromatic nitrogens is 3. The zero-order chi connectivity index (χ0) is 21.4. The number of amides is 2. The van der Waals surface area contributed by atoms with Crippen LogP contribution in [0.2, 0.25) is 0 Å². The van der Waals surface area contributed by atoms with E-state index in [9.17, 15) is 14.4 Å². The van der Waals surface area contributed by atoms with Gasteiger partial charge >= 0.3 is 6.09 Å². The molecule has 2 amide bonds. The predicted molar refractivity (Wildman–Crippen MR) is 108 cm³/mol. The van der Waals surface area contributed by atoms with Crippen LogP contribution >= 0.6 is 0 Å². The Morgan fingerprint density at radius 2 is 1.79 bits per heavy atom. The molecule has 0 radical (unpaired) electrons. The van der Waals surface area contributed by atoms with Crippen molar-refractivity contribution >= 4 is 12.0 Å². The lowest BCUT2D eigenvalue weighted by Crippen LogP contribution is -2.38. The molecule has 0 aliphatic carbocycles. The fourth-order valence-corrected chi connectivity index (χ4v) is 2.56. The Kier molecular flexibility index (Phi) is 7.46. The van der Waals surface area contributed by atoms with Crippen molar-refractivity contribution in [3.63, 3.8) is 0 Å². The van der Waals surface area contributed by atoms with Gasteiger partial charge in [-0.25, -0.2) is 9.78 Å². The van der Waals surface area contributed by atoms with Crippen LogP contribution in [0.15, 0.2) is 29.3 Å². The van der Waals surface area contributed by atoms with Crippen LogP contribution in [0.1, 0.15) is 38.4 Å². The average Bonchev–Trinajstić information content (AvgIpc) is 2.63. The molecule has 0 unspecified atom stereocenters. The topological polar surface area (TPSA) is 126 Å². The number of carbonyl (C=O) groups is 2. The summed E-state index contributed by atoms with van der Waals surface area (Å²) in [7, 11) is 0. The Morgan fingerprint density at radius 1 is 1.14 bits per heavy atom. The molecule has 0 atom stereocenters. The monoisotopic (exact) mass is 401 g/mol. The van der Waals surface area contributed by atoms with Crippen LogP contribution in [-0.2, 0) is 16.0 Å². The van der Waals surface area contributed by atoms with Crippen molar-refractivity contribution in [1.82, 2.24) is 25.6 Å². The van der Waals surface area contributed by atoms with Crippen LogP contribution in [0.3, 0.4) is 0 Å². The molecule has 0 fully saturated rings. The number of carbonyl (C=O) groups excluding carboxylic acids is 2. The van der Waals surface area contributed by atoms with Crippen molar-refractivity contribution in [1.29, 1.82) is 0 Å². The summed E-state index contributed by atoms with van der Waals surface area (Å²) in [6.07, 6.45) is 3.14. The highest BCUT2D eigenvalue weighted by Crippen LogP contribution is 2.13. The lowest BCUT2D eigenvalue weighted by atomic mass is 10.1. The maximum atomic E-state index is 12.4. The third-order valence-corrected chi connectivity index (χ3v) is 3.89. The molecule has 2 rings (SSSR count). The van der Waals surface area contributed by atoms with Gasteiger partial charge in [-0.1, -0.05) is 0 Å². The van der Waals surface area contributed by atoms with Gasteiger partial charge in [-0.05, 0) is 46.2 Å². The Morgan fingerprint density at radius 3 is 2.41 bits per heavy atom. The lowest BCUT2D eigenvalue weighted by molar-refractivity contribution is -0.121. The minimum absolute atomic E-state index is 0.145. The number of pyridine rings is 1. The Hall–Kier alpha value is -3.23. The molecule has 2 aromatic rings. The van der Waals surface area contributed by atoms with Crippen LogP contribution in [0.25, 0.3) is 11.4 Å². The van der Waals surface area contributed by atoms with Crippen molar-refractivity contribution in [2.24, 2.45) is 0 Å². The lowest BCUT2D eigenvalue weighted by Gasteiger charge is -2.19. The van der Waals surface area contributed by atoms with Gasteiger partial charge in [0.05, 0.1) is 0 Å². The quantitative estimate of drug-likeness (QED) is 0.607. The van der Waals surface area contributed by atoms with E-state index in [-0.39, 0.29) is 37.4 Å². The SMILES string of the molecule is Cc1nc(-c2ccncc2)[nH]c(=O)c1CCC(=O)NCCNC(=O)OC(C)(C)C. The minimum atomic E-state index is -0.570. The molecule has 0 aliphatic rings. The van der Waals surface area contributed by atoms with E-state index in [2.05, 4.69) is 25.6 Å². The van der Waals surface area contributed by atoms with Crippen LogP contribution in [-0.4, -0.2) is 45.6 Å². The normalized spacial score (nSPS) is 11.0. The van der Waals surface area contributed by atoms with E-state index in [1.54, 1.807) is 52.2 Å². The number of aryl methyl sites for hydroxylation is 1. The summed E-state index contributed by atoms with van der Waals surface area (Å²) in [5.74, 6) is 0.254. The Bertz CT molecular complexity index is 903. The highest BCUT2D eigenvalue weighted by molar-refractivity contribution is 5.76. The maximum Gasteiger partial charge on any atom is 0.407 e. The number of nitrogens with one attached hydrogen (secondary N) is 3. The Balaban J connectivity index is 1.81. The van der Waals surface area contributed by atoms with Gasteiger partial charge in [-0.2, -0.15) is 0 Å². The first-order valence-electron chi connectivity index (χ1n) is 9.39. The van der Waals surface area contributed by atoms with Crippen LogP contribution in [0, 0.1) is 6.92 Å². The van der Waals surface area contributed by atoms with Gasteiger partial charge in [0.25, 0.3) is 5.56 Å². The first kappa shape index (κ1) is 22.1. The smallest absolute Gasteiger partial charge is 0.407 e. The highest BCUT2D eigenvalue weighted by Gasteiger charge is 2.15. The molecule has 0 aromatic carbocycles. The van der Waals surface area contributed by atoms with E-state index in [0.29, 0.717) is 17.1 Å². The number of aromatic amines is 1. The first-order valence-corrected chi connectivity index (χ1v) is 9.39. The number of H-pyrrole nitrogens is 1. The molecule has 0 saturated heterocycles. The summed E-state index contributed by atoms with van der Waals surface area (Å²) in [6.45, 7) is 7.59. The number of rotatable bonds is 7. The van der Waals surface area contributed by atoms with Crippen LogP contribution < -0.4 is 16.2 Å². The molecular weight excluding hydrogens is 374 g/mol. The van der Waals surface area contributed by atoms with E-state index < -0.39 is 11.7 Å². The number of ether oxygens (including phenoxy) is 1. The van der Waals surface area contributed by atoms with Gasteiger partial charge in [0.15, 0.2) is 0 Å². The third-order valence-electron chi connectivity index (χ3n) is 3.89. The largest absolute Gasteiger partial charge is 0.444 e. The Labute approximate surface area is 169 Å². The van der Waals surface area contributed by atoms with Crippen molar-refractivity contribution in [2.75, 3.05) is 13.1 Å². The van der Waals surface area contributed by atoms with Gasteiger partial charge < -0.3 is 20.4 Å². The van der Waals surface area contributed by atoms with E-state index in [1.165, 1.54) is 0 Å². The molecule has 2 heterocycles. The second-order valence-corrected chi connectivity index (χ2v) is 7.49. The maximum absolute atomic E-state index is 12.4. The molecular formula is C20H27N5O4. The highest BCUT2D eigenvalue weighted by atomic mass is 16.6. The van der Waals surface area contributed by atoms with E-state index in [1.807, 2.05) is 0 Å². The first-order chi connectivity index (χ1) is 13.7. The molecule has 0 bridgehead atoms. The molecule has 0 aliphatic heterocycles. The fraction of sp³-hybridized carbons (Fsp3) is 0.450. The standard InChI is InChI=1S/C20H27N5O4/c1-13-15(18(27)25-17(24-13)14-7-9-21-10-8-14)5-6-16(26)22-11-12-23-19(28)29-20(2,3)4/h7-10H,5-6,11-12H2,1-4H3,(H,22,26)(H,23,28)(H,24,25,27). The fourth-order valence-electron chi connectivity index (χ4n) is 2.56. The van der Waals surface area contributed by atoms with E-state index in [0.717, 1.165) is 5.56 Å². The third kappa shape index (κ3) is 7.36. The molecule has 156 valence electrons. The number of alkyl carbamates (subject to hydrolysis) is 1. The zero-order valence-corrected chi connectivity index (χ0v) is 17.2. The number of hydrogen-bond acceptors (Lipinski definition) is 6. The van der Waals surface area contributed by atoms with E-state index >= 15 is 0 Å². The molecule has 0 spiro atoms. The predicted octanol–water partition coefficient (Wildman–Crippen LogP) is 1.71. The van der Waals surface area contributed by atoms with Crippen molar-refractivity contribution in [3.05, 3.63) is 46.1 Å². The van der Waals surface area contributed by atoms with Crippen molar-refractivity contribution < 1.29 is 14.3 Å². The van der Waals surface area contributed by atoms with Crippen LogP contribution in [0.4, 0.5) is 4.79 Å². The average molecular weight is 401 g/mol. The summed E-state index contributed by atoms with van der Waals surface area (Å²) in [5.41, 5.74) is 0.995. The van der Waals surface area contributed by atoms with Gasteiger partial charge in [-0.3, -0.25) is 14.6 Å². The summed E-state index contributed by atoms with van der Waals surface area (Å²) in [4.78, 5) is 47.0. The van der Waals surface area contributed by atoms with Crippen LogP contribution in [0.5, 0.6) is 0 Å². The minimum Gasteiger partial charge on any atom is -0.444 e. The molecule has 2 aromatic heterocycles. The van der Waals surface area contributed by atoms with Gasteiger partial charge in [0.2, 0.25) is 5.91 Å². The molecule has 9 heteroatoms. The van der Waals surface area contributed by atoms with Crippen molar-refractivity contribution in [3.8, 4) is 11.4 Å². The van der Waals surface area contributed by atoms with Crippen molar-refractivity contribution in [2.45, 2.75) is 46.1 Å². The zero-order valence-electron chi connectivity index (χ0n) is 17.2. The molecule has 29 heavy (non-hydrogen) atoms.